The Kier molecular flexibility index (Phi) is 6.28. The first kappa shape index (κ1) is 19.2. The molecule has 1 unspecified atom stereocenters. The van der Waals surface area contributed by atoms with Gasteiger partial charge in [-0.05, 0) is 43.7 Å². The molecule has 0 N–H and O–H groups in total. The molecular formula is C19H19ClN4O3. The van der Waals surface area contributed by atoms with Crippen LogP contribution in [0, 0.1) is 6.92 Å². The average molecular weight is 387 g/mol. The number of para-hydroxylation sites is 1. The molecular weight excluding hydrogens is 368 g/mol. The van der Waals surface area contributed by atoms with Crippen LogP contribution in [0.1, 0.15) is 12.5 Å². The van der Waals surface area contributed by atoms with E-state index in [0.717, 1.165) is 5.56 Å². The molecule has 1 amide bonds. The normalized spacial score (nSPS) is 17.0. The third kappa shape index (κ3) is 4.57. The van der Waals surface area contributed by atoms with Crippen molar-refractivity contribution < 1.29 is 14.6 Å². The zero-order valence-electron chi connectivity index (χ0n) is 15.0. The minimum Gasteiger partial charge on any atom is -0.269 e. The molecule has 140 valence electrons. The fourth-order valence-electron chi connectivity index (χ4n) is 2.47. The molecule has 1 atom stereocenters. The molecule has 0 radical (unpaired) electrons. The summed E-state index contributed by atoms with van der Waals surface area (Å²) in [6.45, 7) is 4.12. The van der Waals surface area contributed by atoms with E-state index in [1.807, 2.05) is 31.2 Å². The summed E-state index contributed by atoms with van der Waals surface area (Å²) in [4.78, 5) is 22.8. The highest BCUT2D eigenvalue weighted by atomic mass is 35.5. The van der Waals surface area contributed by atoms with Gasteiger partial charge in [0.2, 0.25) is 0 Å². The number of hydrazone groups is 1. The van der Waals surface area contributed by atoms with Gasteiger partial charge in [-0.1, -0.05) is 35.9 Å². The van der Waals surface area contributed by atoms with Crippen LogP contribution < -0.4 is 5.01 Å². The number of nitrogens with zero attached hydrogens (tertiary/aromatic N) is 4. The van der Waals surface area contributed by atoms with Crippen LogP contribution in [-0.4, -0.2) is 30.9 Å². The zero-order chi connectivity index (χ0) is 19.2. The topological polar surface area (TPSA) is 75.8 Å². The predicted octanol–water partition coefficient (Wildman–Crippen LogP) is 4.47. The smallest absolute Gasteiger partial charge is 0.269 e. The van der Waals surface area contributed by atoms with Gasteiger partial charge in [-0.2, -0.15) is 20.3 Å². The number of hydrogen-bond donors (Lipinski definition) is 0. The lowest BCUT2D eigenvalue weighted by molar-refractivity contribution is -0.279. The summed E-state index contributed by atoms with van der Waals surface area (Å²) >= 11 is 6.19. The molecule has 2 aromatic rings. The van der Waals surface area contributed by atoms with Gasteiger partial charge >= 0.3 is 0 Å². The Balaban J connectivity index is 1.85. The fraction of sp³-hybridized carbons (Fsp3) is 0.263. The molecule has 0 saturated heterocycles. The van der Waals surface area contributed by atoms with Crippen LogP contribution in [0.4, 0.5) is 11.4 Å². The SMILES string of the molecule is CCOOCC1=NN(c2ccccc2)C(=O)C1N=Nc1ccc(C)cc1Cl. The lowest BCUT2D eigenvalue weighted by Crippen LogP contribution is -2.31. The summed E-state index contributed by atoms with van der Waals surface area (Å²) in [6.07, 6.45) is 0. The minimum absolute atomic E-state index is 0.00816. The first-order valence-corrected chi connectivity index (χ1v) is 8.85. The number of hydrogen-bond acceptors (Lipinski definition) is 6. The third-order valence-electron chi connectivity index (χ3n) is 3.78. The van der Waals surface area contributed by atoms with Gasteiger partial charge in [-0.3, -0.25) is 4.79 Å². The van der Waals surface area contributed by atoms with Crippen molar-refractivity contribution in [2.45, 2.75) is 19.9 Å². The van der Waals surface area contributed by atoms with Crippen LogP contribution in [0.25, 0.3) is 0 Å². The van der Waals surface area contributed by atoms with E-state index < -0.39 is 6.04 Å². The number of benzene rings is 2. The summed E-state index contributed by atoms with van der Waals surface area (Å²) in [5.74, 6) is -0.316. The second-order valence-corrected chi connectivity index (χ2v) is 6.23. The molecule has 1 aliphatic heterocycles. The molecule has 7 nitrogen and oxygen atoms in total. The molecule has 1 heterocycles. The van der Waals surface area contributed by atoms with Crippen molar-refractivity contribution in [3.63, 3.8) is 0 Å². The number of carbonyl (C=O) groups is 1. The molecule has 0 aliphatic carbocycles. The maximum atomic E-state index is 12.8. The van der Waals surface area contributed by atoms with Crippen LogP contribution in [0.3, 0.4) is 0 Å². The van der Waals surface area contributed by atoms with Gasteiger partial charge < -0.3 is 0 Å². The Morgan fingerprint density at radius 3 is 2.67 bits per heavy atom. The molecule has 0 bridgehead atoms. The first-order chi connectivity index (χ1) is 13.1. The Morgan fingerprint density at radius 1 is 1.19 bits per heavy atom. The van der Waals surface area contributed by atoms with E-state index in [1.54, 1.807) is 31.2 Å². The molecule has 0 spiro atoms. The number of amides is 1. The Bertz CT molecular complexity index is 871. The highest BCUT2D eigenvalue weighted by molar-refractivity contribution is 6.33. The van der Waals surface area contributed by atoms with Crippen molar-refractivity contribution in [3.8, 4) is 0 Å². The number of rotatable bonds is 7. The number of halogens is 1. The van der Waals surface area contributed by atoms with Gasteiger partial charge in [0.15, 0.2) is 6.04 Å². The second kappa shape index (κ2) is 8.85. The maximum absolute atomic E-state index is 12.8. The molecule has 0 saturated carbocycles. The van der Waals surface area contributed by atoms with Crippen molar-refractivity contribution in [1.29, 1.82) is 0 Å². The van der Waals surface area contributed by atoms with Crippen LogP contribution in [-0.2, 0) is 14.6 Å². The zero-order valence-corrected chi connectivity index (χ0v) is 15.8. The van der Waals surface area contributed by atoms with Crippen molar-refractivity contribution in [2.24, 2.45) is 15.3 Å². The molecule has 2 aromatic carbocycles. The summed E-state index contributed by atoms with van der Waals surface area (Å²) in [7, 11) is 0. The van der Waals surface area contributed by atoms with Crippen molar-refractivity contribution in [1.82, 2.24) is 0 Å². The number of anilines is 1. The van der Waals surface area contributed by atoms with Gasteiger partial charge in [-0.25, -0.2) is 9.78 Å². The minimum atomic E-state index is -0.900. The summed E-state index contributed by atoms with van der Waals surface area (Å²) < 4.78 is 0. The van der Waals surface area contributed by atoms with Crippen LogP contribution in [0.2, 0.25) is 5.02 Å². The standard InChI is InChI=1S/C19H19ClN4O3/c1-3-26-27-12-17-18(22-21-16-10-9-13(2)11-15(16)20)19(25)24(23-17)14-7-5-4-6-8-14/h4-11,18H,3,12H2,1-2H3. The Labute approximate surface area is 162 Å². The average Bonchev–Trinajstić information content (AvgIpc) is 2.98. The lowest BCUT2D eigenvalue weighted by atomic mass is 10.2. The molecule has 0 fully saturated rings. The van der Waals surface area contributed by atoms with E-state index in [9.17, 15) is 4.79 Å². The monoisotopic (exact) mass is 386 g/mol. The van der Waals surface area contributed by atoms with Crippen LogP contribution in [0.5, 0.6) is 0 Å². The van der Waals surface area contributed by atoms with E-state index in [2.05, 4.69) is 15.3 Å². The quantitative estimate of drug-likeness (QED) is 0.305. The van der Waals surface area contributed by atoms with Gasteiger partial charge in [0.25, 0.3) is 5.91 Å². The van der Waals surface area contributed by atoms with Crippen molar-refractivity contribution >= 4 is 34.6 Å². The highest BCUT2D eigenvalue weighted by Crippen LogP contribution is 2.28. The molecule has 8 heteroatoms. The van der Waals surface area contributed by atoms with E-state index in [0.29, 0.717) is 28.7 Å². The van der Waals surface area contributed by atoms with Gasteiger partial charge in [0.1, 0.15) is 18.0 Å². The molecule has 1 aliphatic rings. The largest absolute Gasteiger partial charge is 0.280 e. The number of azo groups is 1. The van der Waals surface area contributed by atoms with E-state index >= 15 is 0 Å². The van der Waals surface area contributed by atoms with Crippen molar-refractivity contribution in [3.05, 3.63) is 59.1 Å². The molecule has 27 heavy (non-hydrogen) atoms. The Hall–Kier alpha value is -2.61. The Morgan fingerprint density at radius 2 is 1.96 bits per heavy atom. The van der Waals surface area contributed by atoms with Gasteiger partial charge in [0, 0.05) is 0 Å². The van der Waals surface area contributed by atoms with E-state index in [-0.39, 0.29) is 12.5 Å². The van der Waals surface area contributed by atoms with Crippen LogP contribution in [0.15, 0.2) is 63.9 Å². The first-order valence-electron chi connectivity index (χ1n) is 8.48. The second-order valence-electron chi connectivity index (χ2n) is 5.82. The van der Waals surface area contributed by atoms with E-state index in [4.69, 9.17) is 21.4 Å². The summed E-state index contributed by atoms with van der Waals surface area (Å²) in [5.41, 5.74) is 2.54. The molecule has 3 rings (SSSR count). The lowest BCUT2D eigenvalue weighted by Gasteiger charge is -2.11. The fourth-order valence-corrected chi connectivity index (χ4v) is 2.74. The highest BCUT2D eigenvalue weighted by Gasteiger charge is 2.37. The number of aryl methyl sites for hydroxylation is 1. The predicted molar refractivity (Wildman–Crippen MR) is 103 cm³/mol. The van der Waals surface area contributed by atoms with Gasteiger partial charge in [0.05, 0.1) is 17.3 Å². The van der Waals surface area contributed by atoms with Crippen LogP contribution >= 0.6 is 11.6 Å². The van der Waals surface area contributed by atoms with Gasteiger partial charge in [-0.15, -0.1) is 0 Å². The third-order valence-corrected chi connectivity index (χ3v) is 4.08. The maximum Gasteiger partial charge on any atom is 0.280 e. The summed E-state index contributed by atoms with van der Waals surface area (Å²) in [5, 5.41) is 14.5. The summed E-state index contributed by atoms with van der Waals surface area (Å²) in [6, 6.07) is 13.6. The van der Waals surface area contributed by atoms with Crippen molar-refractivity contribution in [2.75, 3.05) is 18.2 Å². The number of carbonyl (C=O) groups excluding carboxylic acids is 1. The molecule has 0 aromatic heterocycles. The van der Waals surface area contributed by atoms with E-state index in [1.165, 1.54) is 5.01 Å².